The van der Waals surface area contributed by atoms with Crippen LogP contribution in [0.5, 0.6) is 0 Å². The van der Waals surface area contributed by atoms with Crippen LogP contribution in [-0.4, -0.2) is 26.0 Å². The Kier molecular flexibility index (Phi) is 3.75. The molecule has 25 heavy (non-hydrogen) atoms. The molecule has 0 radical (unpaired) electrons. The van der Waals surface area contributed by atoms with E-state index in [1.54, 1.807) is 0 Å². The summed E-state index contributed by atoms with van der Waals surface area (Å²) >= 11 is 0. The Hall–Kier alpha value is -2.75. The normalized spacial score (nSPS) is 14.1. The molecule has 4 nitrogen and oxygen atoms in total. The van der Waals surface area contributed by atoms with Gasteiger partial charge in [0, 0.05) is 42.2 Å². The van der Waals surface area contributed by atoms with Gasteiger partial charge in [0.05, 0.1) is 28.8 Å². The Bertz CT molecular complexity index is 987. The van der Waals surface area contributed by atoms with Gasteiger partial charge in [-0.3, -0.25) is 0 Å². The molecule has 1 N–H and O–H groups in total. The Morgan fingerprint density at radius 1 is 1.20 bits per heavy atom. The lowest BCUT2D eigenvalue weighted by Crippen LogP contribution is -2.21. The second-order valence-electron chi connectivity index (χ2n) is 6.66. The first-order valence-electron chi connectivity index (χ1n) is 8.95. The average Bonchev–Trinajstić information content (AvgIpc) is 3.23. The van der Waals surface area contributed by atoms with Gasteiger partial charge in [-0.25, -0.2) is 4.98 Å². The van der Waals surface area contributed by atoms with Crippen LogP contribution >= 0.6 is 0 Å². The molecule has 1 aromatic carbocycles. The quantitative estimate of drug-likeness (QED) is 0.746. The van der Waals surface area contributed by atoms with Crippen LogP contribution < -0.4 is 0 Å². The number of rotatable bonds is 4. The summed E-state index contributed by atoms with van der Waals surface area (Å²) in [5, 5.41) is 0. The highest BCUT2D eigenvalue weighted by molar-refractivity contribution is 5.98. The van der Waals surface area contributed by atoms with Gasteiger partial charge in [-0.1, -0.05) is 13.5 Å². The Balaban J connectivity index is 1.97. The predicted molar refractivity (Wildman–Crippen MR) is 104 cm³/mol. The maximum absolute atomic E-state index is 4.72. The van der Waals surface area contributed by atoms with Gasteiger partial charge in [0.15, 0.2) is 0 Å². The summed E-state index contributed by atoms with van der Waals surface area (Å²) in [7, 11) is 0. The van der Waals surface area contributed by atoms with Gasteiger partial charge in [-0.2, -0.15) is 0 Å². The van der Waals surface area contributed by atoms with Crippen LogP contribution in [-0.2, 0) is 6.54 Å². The van der Waals surface area contributed by atoms with Crippen molar-refractivity contribution in [3.63, 3.8) is 0 Å². The monoisotopic (exact) mass is 332 g/mol. The van der Waals surface area contributed by atoms with Gasteiger partial charge in [0.25, 0.3) is 0 Å². The summed E-state index contributed by atoms with van der Waals surface area (Å²) in [4.78, 5) is 10.3. The van der Waals surface area contributed by atoms with Crippen molar-refractivity contribution in [2.45, 2.75) is 33.7 Å². The van der Waals surface area contributed by atoms with Crippen molar-refractivity contribution in [3.8, 4) is 0 Å². The fourth-order valence-corrected chi connectivity index (χ4v) is 3.70. The molecule has 0 spiro atoms. The maximum atomic E-state index is 4.72. The number of aryl methyl sites for hydroxylation is 2. The molecule has 1 aliphatic rings. The molecule has 2 aromatic heterocycles. The number of aromatic amines is 1. The van der Waals surface area contributed by atoms with Crippen LogP contribution in [0.15, 0.2) is 43.5 Å². The molecule has 0 atom stereocenters. The van der Waals surface area contributed by atoms with E-state index < -0.39 is 0 Å². The first-order valence-corrected chi connectivity index (χ1v) is 8.95. The zero-order valence-electron chi connectivity index (χ0n) is 15.1. The van der Waals surface area contributed by atoms with Crippen molar-refractivity contribution in [1.29, 1.82) is 0 Å². The van der Waals surface area contributed by atoms with E-state index in [4.69, 9.17) is 4.98 Å². The molecule has 128 valence electrons. The lowest BCUT2D eigenvalue weighted by molar-refractivity contribution is 0.522. The molecule has 1 aliphatic heterocycles. The SMILES string of the molecule is C=C1c2[nH]ccc2C(c2cc(C)cc3c2ncn3CC)=CN1CCC. The summed E-state index contributed by atoms with van der Waals surface area (Å²) in [5.74, 6) is 0. The topological polar surface area (TPSA) is 36.9 Å². The van der Waals surface area contributed by atoms with Crippen LogP contribution in [0.2, 0.25) is 0 Å². The highest BCUT2D eigenvalue weighted by atomic mass is 15.1. The van der Waals surface area contributed by atoms with E-state index in [1.165, 1.54) is 27.8 Å². The van der Waals surface area contributed by atoms with Gasteiger partial charge in [-0.05, 0) is 44.0 Å². The van der Waals surface area contributed by atoms with Crippen molar-refractivity contribution >= 4 is 22.3 Å². The minimum Gasteiger partial charge on any atom is -0.359 e. The van der Waals surface area contributed by atoms with Crippen molar-refractivity contribution in [1.82, 2.24) is 19.4 Å². The standard InChI is InChI=1S/C21H24N4/c1-5-9-25-12-18(16-7-8-22-20(16)15(25)4)17-10-14(3)11-19-21(17)23-13-24(19)6-2/h7-8,10-13,22H,4-6,9H2,1-3H3. The first kappa shape index (κ1) is 15.8. The van der Waals surface area contributed by atoms with E-state index in [-0.39, 0.29) is 0 Å². The highest BCUT2D eigenvalue weighted by Crippen LogP contribution is 2.38. The van der Waals surface area contributed by atoms with Crippen molar-refractivity contribution in [3.05, 3.63) is 65.9 Å². The number of hydrogen-bond donors (Lipinski definition) is 1. The number of nitrogens with zero attached hydrogens (tertiary/aromatic N) is 3. The molecule has 0 amide bonds. The molecule has 4 heteroatoms. The zero-order chi connectivity index (χ0) is 17.6. The van der Waals surface area contributed by atoms with E-state index in [9.17, 15) is 0 Å². The largest absolute Gasteiger partial charge is 0.359 e. The van der Waals surface area contributed by atoms with Crippen LogP contribution in [0.1, 0.15) is 42.7 Å². The fraction of sp³-hybridized carbons (Fsp3) is 0.286. The molecule has 0 fully saturated rings. The minimum absolute atomic E-state index is 0.923. The van der Waals surface area contributed by atoms with Gasteiger partial charge in [-0.15, -0.1) is 0 Å². The fourth-order valence-electron chi connectivity index (χ4n) is 3.70. The molecular weight excluding hydrogens is 308 g/mol. The van der Waals surface area contributed by atoms with E-state index in [2.05, 4.69) is 66.2 Å². The molecule has 0 bridgehead atoms. The molecular formula is C21H24N4. The predicted octanol–water partition coefficient (Wildman–Crippen LogP) is 4.78. The number of aromatic nitrogens is 3. The Morgan fingerprint density at radius 3 is 2.80 bits per heavy atom. The second-order valence-corrected chi connectivity index (χ2v) is 6.66. The number of nitrogens with one attached hydrogen (secondary N) is 1. The van der Waals surface area contributed by atoms with Crippen molar-refractivity contribution in [2.75, 3.05) is 6.54 Å². The lowest BCUT2D eigenvalue weighted by Gasteiger charge is -2.29. The van der Waals surface area contributed by atoms with Crippen LogP contribution in [0.4, 0.5) is 0 Å². The molecule has 0 saturated heterocycles. The molecule has 3 aromatic rings. The van der Waals surface area contributed by atoms with Gasteiger partial charge in [0.2, 0.25) is 0 Å². The first-order chi connectivity index (χ1) is 12.1. The van der Waals surface area contributed by atoms with E-state index >= 15 is 0 Å². The smallest absolute Gasteiger partial charge is 0.0963 e. The third-order valence-corrected chi connectivity index (χ3v) is 4.92. The third kappa shape index (κ3) is 2.40. The van der Waals surface area contributed by atoms with Crippen LogP contribution in [0.25, 0.3) is 22.3 Å². The molecule has 0 unspecified atom stereocenters. The summed E-state index contributed by atoms with van der Waals surface area (Å²) in [5.41, 5.74) is 9.27. The summed E-state index contributed by atoms with van der Waals surface area (Å²) in [6.45, 7) is 12.7. The summed E-state index contributed by atoms with van der Waals surface area (Å²) < 4.78 is 2.20. The molecule has 0 aliphatic carbocycles. The van der Waals surface area contributed by atoms with E-state index in [0.29, 0.717) is 0 Å². The van der Waals surface area contributed by atoms with Crippen LogP contribution in [0.3, 0.4) is 0 Å². The van der Waals surface area contributed by atoms with Gasteiger partial charge >= 0.3 is 0 Å². The number of imidazole rings is 1. The molecule has 3 heterocycles. The van der Waals surface area contributed by atoms with Crippen molar-refractivity contribution < 1.29 is 0 Å². The van der Waals surface area contributed by atoms with Gasteiger partial charge < -0.3 is 14.5 Å². The number of H-pyrrole nitrogens is 1. The second kappa shape index (κ2) is 5.96. The van der Waals surface area contributed by atoms with Crippen molar-refractivity contribution in [2.24, 2.45) is 0 Å². The number of benzene rings is 1. The minimum atomic E-state index is 0.923. The number of hydrogen-bond acceptors (Lipinski definition) is 2. The number of fused-ring (bicyclic) bond motifs is 2. The molecule has 4 rings (SSSR count). The van der Waals surface area contributed by atoms with Crippen LogP contribution in [0, 0.1) is 6.92 Å². The van der Waals surface area contributed by atoms with E-state index in [1.807, 2.05) is 12.5 Å². The Morgan fingerprint density at radius 2 is 2.04 bits per heavy atom. The van der Waals surface area contributed by atoms with Gasteiger partial charge in [0.1, 0.15) is 0 Å². The zero-order valence-corrected chi connectivity index (χ0v) is 15.1. The maximum Gasteiger partial charge on any atom is 0.0963 e. The average molecular weight is 332 g/mol. The lowest BCUT2D eigenvalue weighted by atomic mass is 9.93. The third-order valence-electron chi connectivity index (χ3n) is 4.92. The highest BCUT2D eigenvalue weighted by Gasteiger charge is 2.24. The Labute approximate surface area is 148 Å². The van der Waals surface area contributed by atoms with E-state index in [0.717, 1.165) is 36.4 Å². The summed E-state index contributed by atoms with van der Waals surface area (Å²) in [6.07, 6.45) is 7.25. The molecule has 0 saturated carbocycles. The summed E-state index contributed by atoms with van der Waals surface area (Å²) in [6, 6.07) is 6.61.